The fourth-order valence-electron chi connectivity index (χ4n) is 3.32. The summed E-state index contributed by atoms with van der Waals surface area (Å²) in [6.45, 7) is 4.81. The Bertz CT molecular complexity index is 678. The lowest BCUT2D eigenvalue weighted by Gasteiger charge is -2.24. The minimum absolute atomic E-state index is 0.320. The van der Waals surface area contributed by atoms with E-state index in [9.17, 15) is 0 Å². The number of fused-ring (bicyclic) bond motifs is 3. The van der Waals surface area contributed by atoms with E-state index >= 15 is 0 Å². The molecule has 0 N–H and O–H groups in total. The molecule has 1 aromatic carbocycles. The molecule has 2 aromatic rings. The number of pyridine rings is 1. The minimum Gasteiger partial charge on any atom is -0.454 e. The minimum atomic E-state index is 0.320. The highest BCUT2D eigenvalue weighted by atomic mass is 16.7. The highest BCUT2D eigenvalue weighted by molar-refractivity contribution is 5.87. The Morgan fingerprint density at radius 2 is 2.00 bits per heavy atom. The average molecular weight is 255 g/mol. The van der Waals surface area contributed by atoms with Crippen LogP contribution < -0.4 is 9.47 Å². The summed E-state index contributed by atoms with van der Waals surface area (Å²) in [5, 5.41) is 1.21. The first-order chi connectivity index (χ1) is 9.24. The molecule has 1 aliphatic heterocycles. The summed E-state index contributed by atoms with van der Waals surface area (Å²) >= 11 is 0. The van der Waals surface area contributed by atoms with Gasteiger partial charge in [-0.05, 0) is 49.3 Å². The van der Waals surface area contributed by atoms with E-state index in [1.165, 1.54) is 35.0 Å². The predicted octanol–water partition coefficient (Wildman–Crippen LogP) is 3.71. The maximum absolute atomic E-state index is 5.48. The molecule has 2 heterocycles. The first kappa shape index (κ1) is 11.1. The number of aromatic nitrogens is 1. The van der Waals surface area contributed by atoms with Crippen LogP contribution in [0.15, 0.2) is 12.1 Å². The Hall–Kier alpha value is -1.77. The van der Waals surface area contributed by atoms with Crippen LogP contribution in [0.3, 0.4) is 0 Å². The molecule has 0 amide bonds. The van der Waals surface area contributed by atoms with E-state index in [4.69, 9.17) is 14.5 Å². The lowest BCUT2D eigenvalue weighted by molar-refractivity contribution is 0.174. The quantitative estimate of drug-likeness (QED) is 0.719. The van der Waals surface area contributed by atoms with Gasteiger partial charge in [-0.2, -0.15) is 0 Å². The van der Waals surface area contributed by atoms with Gasteiger partial charge in [-0.15, -0.1) is 0 Å². The number of nitrogens with zero attached hydrogens (tertiary/aromatic N) is 1. The Balaban J connectivity index is 2.03. The monoisotopic (exact) mass is 255 g/mol. The lowest BCUT2D eigenvalue weighted by atomic mass is 9.84. The molecular formula is C16H17NO2. The van der Waals surface area contributed by atoms with Crippen LogP contribution in [0, 0.1) is 6.92 Å². The maximum Gasteiger partial charge on any atom is 0.231 e. The van der Waals surface area contributed by atoms with Crippen LogP contribution in [0.4, 0.5) is 0 Å². The molecule has 0 saturated heterocycles. The third kappa shape index (κ3) is 1.54. The van der Waals surface area contributed by atoms with Gasteiger partial charge < -0.3 is 9.47 Å². The first-order valence-corrected chi connectivity index (χ1v) is 6.97. The summed E-state index contributed by atoms with van der Waals surface area (Å²) < 4.78 is 10.9. The zero-order chi connectivity index (χ0) is 13.0. The summed E-state index contributed by atoms with van der Waals surface area (Å²) in [6.07, 6.45) is 3.67. The normalized spacial score (nSPS) is 20.6. The van der Waals surface area contributed by atoms with Gasteiger partial charge in [-0.3, -0.25) is 4.98 Å². The van der Waals surface area contributed by atoms with E-state index in [2.05, 4.69) is 19.9 Å². The van der Waals surface area contributed by atoms with Crippen molar-refractivity contribution in [1.82, 2.24) is 4.98 Å². The average Bonchev–Trinajstić information content (AvgIpc) is 2.86. The van der Waals surface area contributed by atoms with Gasteiger partial charge in [-0.1, -0.05) is 6.92 Å². The van der Waals surface area contributed by atoms with Crippen LogP contribution in [-0.4, -0.2) is 11.8 Å². The summed E-state index contributed by atoms with van der Waals surface area (Å²) in [6, 6.07) is 4.10. The van der Waals surface area contributed by atoms with Crippen molar-refractivity contribution in [1.29, 1.82) is 0 Å². The summed E-state index contributed by atoms with van der Waals surface area (Å²) in [4.78, 5) is 4.90. The Labute approximate surface area is 112 Å². The van der Waals surface area contributed by atoms with E-state index < -0.39 is 0 Å². The number of ether oxygens (including phenoxy) is 2. The fraction of sp³-hybridized carbons (Fsp3) is 0.438. The van der Waals surface area contributed by atoms with Crippen molar-refractivity contribution in [3.63, 3.8) is 0 Å². The summed E-state index contributed by atoms with van der Waals surface area (Å²) in [5.74, 6) is 2.24. The van der Waals surface area contributed by atoms with Crippen LogP contribution in [0.1, 0.15) is 42.5 Å². The van der Waals surface area contributed by atoms with Gasteiger partial charge in [0.25, 0.3) is 0 Å². The lowest BCUT2D eigenvalue weighted by Crippen LogP contribution is -2.11. The predicted molar refractivity (Wildman–Crippen MR) is 74.0 cm³/mol. The van der Waals surface area contributed by atoms with Crippen molar-refractivity contribution in [3.8, 4) is 11.5 Å². The molecule has 1 unspecified atom stereocenters. The van der Waals surface area contributed by atoms with Crippen molar-refractivity contribution < 1.29 is 9.47 Å². The first-order valence-electron chi connectivity index (χ1n) is 6.97. The molecule has 4 rings (SSSR count). The van der Waals surface area contributed by atoms with Gasteiger partial charge in [0.05, 0.1) is 5.52 Å². The van der Waals surface area contributed by atoms with Crippen LogP contribution >= 0.6 is 0 Å². The van der Waals surface area contributed by atoms with Crippen molar-refractivity contribution in [2.45, 2.75) is 39.0 Å². The van der Waals surface area contributed by atoms with Crippen molar-refractivity contribution in [2.75, 3.05) is 6.79 Å². The van der Waals surface area contributed by atoms with Crippen molar-refractivity contribution >= 4 is 10.9 Å². The second-order valence-corrected chi connectivity index (χ2v) is 5.62. The number of aryl methyl sites for hydroxylation is 1. The van der Waals surface area contributed by atoms with E-state index in [0.29, 0.717) is 12.7 Å². The van der Waals surface area contributed by atoms with Crippen molar-refractivity contribution in [3.05, 3.63) is 29.0 Å². The van der Waals surface area contributed by atoms with Gasteiger partial charge in [-0.25, -0.2) is 0 Å². The van der Waals surface area contributed by atoms with Gasteiger partial charge >= 0.3 is 0 Å². The Morgan fingerprint density at radius 1 is 1.21 bits per heavy atom. The SMILES string of the molecule is Cc1c2c(nc3cc4c(cc13)OCO4)C(C)CCC2. The molecule has 3 nitrogen and oxygen atoms in total. The second-order valence-electron chi connectivity index (χ2n) is 5.62. The van der Waals surface area contributed by atoms with Crippen molar-refractivity contribution in [2.24, 2.45) is 0 Å². The summed E-state index contributed by atoms with van der Waals surface area (Å²) in [7, 11) is 0. The van der Waals surface area contributed by atoms with Gasteiger partial charge in [0.15, 0.2) is 11.5 Å². The molecule has 1 atom stereocenters. The third-order valence-corrected chi connectivity index (χ3v) is 4.43. The molecule has 2 aliphatic rings. The standard InChI is InChI=1S/C16H17NO2/c1-9-4-3-5-11-10(2)12-6-14-15(19-8-18-14)7-13(12)17-16(9)11/h6-7,9H,3-5,8H2,1-2H3. The number of hydrogen-bond acceptors (Lipinski definition) is 3. The fourth-order valence-corrected chi connectivity index (χ4v) is 3.32. The van der Waals surface area contributed by atoms with Gasteiger partial charge in [0.2, 0.25) is 6.79 Å². The molecule has 19 heavy (non-hydrogen) atoms. The van der Waals surface area contributed by atoms with E-state index in [-0.39, 0.29) is 0 Å². The van der Waals surface area contributed by atoms with Crippen LogP contribution in [0.2, 0.25) is 0 Å². The molecule has 98 valence electrons. The number of rotatable bonds is 0. The smallest absolute Gasteiger partial charge is 0.231 e. The molecule has 1 aliphatic carbocycles. The zero-order valence-corrected chi connectivity index (χ0v) is 11.3. The second kappa shape index (κ2) is 3.86. The van der Waals surface area contributed by atoms with Crippen LogP contribution in [0.5, 0.6) is 11.5 Å². The molecule has 3 heteroatoms. The molecular weight excluding hydrogens is 238 g/mol. The van der Waals surface area contributed by atoms with E-state index in [1.54, 1.807) is 0 Å². The van der Waals surface area contributed by atoms with Gasteiger partial charge in [0, 0.05) is 17.1 Å². The number of hydrogen-bond donors (Lipinski definition) is 0. The molecule has 1 aromatic heterocycles. The summed E-state index contributed by atoms with van der Waals surface area (Å²) in [5.41, 5.74) is 5.14. The largest absolute Gasteiger partial charge is 0.454 e. The highest BCUT2D eigenvalue weighted by Crippen LogP contribution is 2.40. The molecule has 0 radical (unpaired) electrons. The highest BCUT2D eigenvalue weighted by Gasteiger charge is 2.23. The van der Waals surface area contributed by atoms with Gasteiger partial charge in [0.1, 0.15) is 0 Å². The molecule has 0 bridgehead atoms. The Kier molecular flexibility index (Phi) is 2.25. The van der Waals surface area contributed by atoms with E-state index in [1.807, 2.05) is 6.07 Å². The topological polar surface area (TPSA) is 31.4 Å². The molecule has 0 saturated carbocycles. The van der Waals surface area contributed by atoms with E-state index in [0.717, 1.165) is 23.4 Å². The van der Waals surface area contributed by atoms with Crippen LogP contribution in [0.25, 0.3) is 10.9 Å². The maximum atomic E-state index is 5.48. The molecule has 0 spiro atoms. The number of benzene rings is 1. The van der Waals surface area contributed by atoms with Crippen LogP contribution in [-0.2, 0) is 6.42 Å². The molecule has 0 fully saturated rings. The third-order valence-electron chi connectivity index (χ3n) is 4.43. The Morgan fingerprint density at radius 3 is 2.84 bits per heavy atom. The zero-order valence-electron chi connectivity index (χ0n) is 11.3.